The molecule has 1 aliphatic heterocycles. The fourth-order valence-electron chi connectivity index (χ4n) is 2.48. The number of nitrogens with zero attached hydrogens (tertiary/aromatic N) is 1. The molecule has 90 valence electrons. The van der Waals surface area contributed by atoms with E-state index in [1.807, 2.05) is 4.90 Å². The molecule has 4 nitrogen and oxygen atoms in total. The van der Waals surface area contributed by atoms with E-state index in [2.05, 4.69) is 5.32 Å². The van der Waals surface area contributed by atoms with Gasteiger partial charge in [0.15, 0.2) is 0 Å². The lowest BCUT2D eigenvalue weighted by Gasteiger charge is -2.36. The van der Waals surface area contributed by atoms with Crippen LogP contribution in [0.2, 0.25) is 0 Å². The monoisotopic (exact) mass is 224 g/mol. The van der Waals surface area contributed by atoms with Gasteiger partial charge in [-0.15, -0.1) is 0 Å². The van der Waals surface area contributed by atoms with Crippen molar-refractivity contribution in [1.82, 2.24) is 10.2 Å². The Labute approximate surface area is 96.4 Å². The number of carbonyl (C=O) groups is 2. The largest absolute Gasteiger partial charge is 0.359 e. The van der Waals surface area contributed by atoms with Gasteiger partial charge in [-0.2, -0.15) is 0 Å². The van der Waals surface area contributed by atoms with E-state index in [-0.39, 0.29) is 17.7 Å². The molecule has 0 atom stereocenters. The van der Waals surface area contributed by atoms with Crippen molar-refractivity contribution in [3.05, 3.63) is 0 Å². The quantitative estimate of drug-likeness (QED) is 0.753. The summed E-state index contributed by atoms with van der Waals surface area (Å²) in [6.07, 6.45) is 4.96. The van der Waals surface area contributed by atoms with Crippen LogP contribution in [0, 0.1) is 11.8 Å². The lowest BCUT2D eigenvalue weighted by Crippen LogP contribution is -2.45. The maximum atomic E-state index is 12.0. The van der Waals surface area contributed by atoms with Gasteiger partial charge >= 0.3 is 0 Å². The van der Waals surface area contributed by atoms with Crippen molar-refractivity contribution in [1.29, 1.82) is 0 Å². The Hall–Kier alpha value is -1.06. The number of carbonyl (C=O) groups excluding carboxylic acids is 2. The van der Waals surface area contributed by atoms with E-state index in [9.17, 15) is 9.59 Å². The molecule has 2 rings (SSSR count). The Morgan fingerprint density at radius 2 is 1.69 bits per heavy atom. The van der Waals surface area contributed by atoms with Crippen LogP contribution in [0.15, 0.2) is 0 Å². The van der Waals surface area contributed by atoms with Gasteiger partial charge in [0, 0.05) is 32.0 Å². The van der Waals surface area contributed by atoms with E-state index < -0.39 is 0 Å². The molecule has 1 saturated heterocycles. The number of nitrogens with one attached hydrogen (secondary N) is 1. The predicted octanol–water partition coefficient (Wildman–Crippen LogP) is 0.771. The number of amides is 2. The lowest BCUT2D eigenvalue weighted by atomic mass is 9.83. The molecule has 0 radical (unpaired) electrons. The second-order valence-corrected chi connectivity index (χ2v) is 4.84. The molecule has 0 unspecified atom stereocenters. The topological polar surface area (TPSA) is 49.4 Å². The molecule has 1 N–H and O–H groups in total. The summed E-state index contributed by atoms with van der Waals surface area (Å²) in [5, 5.41) is 2.68. The molecule has 4 heteroatoms. The number of rotatable bonds is 2. The lowest BCUT2D eigenvalue weighted by molar-refractivity contribution is -0.141. The fraction of sp³-hybridized carbons (Fsp3) is 0.833. The third-order valence-corrected chi connectivity index (χ3v) is 3.88. The zero-order chi connectivity index (χ0) is 11.5. The highest BCUT2D eigenvalue weighted by Crippen LogP contribution is 2.29. The Morgan fingerprint density at radius 1 is 1.06 bits per heavy atom. The summed E-state index contributed by atoms with van der Waals surface area (Å²) in [5.41, 5.74) is 0. The standard InChI is InChI=1S/C12H20N2O2/c1-13-11(15)9-5-7-14(8-6-9)12(16)10-3-2-4-10/h9-10H,2-8H2,1H3,(H,13,15). The minimum Gasteiger partial charge on any atom is -0.359 e. The maximum Gasteiger partial charge on any atom is 0.225 e. The summed E-state index contributed by atoms with van der Waals surface area (Å²) in [6.45, 7) is 1.51. The highest BCUT2D eigenvalue weighted by molar-refractivity contribution is 5.81. The third kappa shape index (κ3) is 2.20. The smallest absolute Gasteiger partial charge is 0.225 e. The average molecular weight is 224 g/mol. The van der Waals surface area contributed by atoms with Crippen molar-refractivity contribution >= 4 is 11.8 Å². The molecule has 0 bridgehead atoms. The van der Waals surface area contributed by atoms with Crippen LogP contribution < -0.4 is 5.32 Å². The summed E-state index contributed by atoms with van der Waals surface area (Å²) >= 11 is 0. The van der Waals surface area contributed by atoms with Crippen molar-refractivity contribution < 1.29 is 9.59 Å². The van der Waals surface area contributed by atoms with E-state index in [0.29, 0.717) is 5.91 Å². The molecule has 0 aromatic carbocycles. The van der Waals surface area contributed by atoms with Gasteiger partial charge in [0.1, 0.15) is 0 Å². The number of likely N-dealkylation sites (tertiary alicyclic amines) is 1. The first-order valence-corrected chi connectivity index (χ1v) is 6.22. The van der Waals surface area contributed by atoms with Crippen molar-refractivity contribution in [3.8, 4) is 0 Å². The maximum absolute atomic E-state index is 12.0. The molecule has 1 aliphatic carbocycles. The van der Waals surface area contributed by atoms with Gasteiger partial charge in [0.05, 0.1) is 0 Å². The molecule has 0 spiro atoms. The van der Waals surface area contributed by atoms with E-state index in [1.165, 1.54) is 6.42 Å². The van der Waals surface area contributed by atoms with Gasteiger partial charge in [-0.3, -0.25) is 9.59 Å². The van der Waals surface area contributed by atoms with Crippen LogP contribution in [0.1, 0.15) is 32.1 Å². The molecule has 2 amide bonds. The second-order valence-electron chi connectivity index (χ2n) is 4.84. The highest BCUT2D eigenvalue weighted by Gasteiger charge is 2.32. The number of hydrogen-bond acceptors (Lipinski definition) is 2. The minimum absolute atomic E-state index is 0.107. The van der Waals surface area contributed by atoms with Crippen LogP contribution in [0.4, 0.5) is 0 Å². The Balaban J connectivity index is 1.80. The van der Waals surface area contributed by atoms with Crippen molar-refractivity contribution in [2.75, 3.05) is 20.1 Å². The average Bonchev–Trinajstić information content (AvgIpc) is 2.26. The molecular formula is C12H20N2O2. The van der Waals surface area contributed by atoms with E-state index in [1.54, 1.807) is 7.05 Å². The van der Waals surface area contributed by atoms with Gasteiger partial charge in [0.25, 0.3) is 0 Å². The molecule has 2 aliphatic rings. The Morgan fingerprint density at radius 3 is 2.12 bits per heavy atom. The summed E-state index contributed by atoms with van der Waals surface area (Å²) < 4.78 is 0. The number of piperidine rings is 1. The summed E-state index contributed by atoms with van der Waals surface area (Å²) in [4.78, 5) is 25.3. The zero-order valence-corrected chi connectivity index (χ0v) is 9.87. The molecule has 0 aromatic heterocycles. The van der Waals surface area contributed by atoms with Gasteiger partial charge in [-0.05, 0) is 25.7 Å². The normalized spacial score (nSPS) is 22.7. The van der Waals surface area contributed by atoms with E-state index in [4.69, 9.17) is 0 Å². The van der Waals surface area contributed by atoms with Gasteiger partial charge in [-0.1, -0.05) is 6.42 Å². The molecule has 0 aromatic rings. The van der Waals surface area contributed by atoms with Gasteiger partial charge in [-0.25, -0.2) is 0 Å². The van der Waals surface area contributed by atoms with Crippen LogP contribution in [-0.2, 0) is 9.59 Å². The Kier molecular flexibility index (Phi) is 3.46. The minimum atomic E-state index is 0.107. The molecule has 1 saturated carbocycles. The SMILES string of the molecule is CNC(=O)C1CCN(C(=O)C2CCC2)CC1. The van der Waals surface area contributed by atoms with Crippen molar-refractivity contribution in [2.24, 2.45) is 11.8 Å². The molecule has 1 heterocycles. The molecule has 16 heavy (non-hydrogen) atoms. The third-order valence-electron chi connectivity index (χ3n) is 3.88. The first kappa shape index (κ1) is 11.4. The van der Waals surface area contributed by atoms with E-state index >= 15 is 0 Å². The van der Waals surface area contributed by atoms with Crippen LogP contribution in [-0.4, -0.2) is 36.9 Å². The Bertz CT molecular complexity index is 279. The molecular weight excluding hydrogens is 204 g/mol. The van der Waals surface area contributed by atoms with Crippen LogP contribution >= 0.6 is 0 Å². The van der Waals surface area contributed by atoms with Crippen LogP contribution in [0.5, 0.6) is 0 Å². The first-order chi connectivity index (χ1) is 7.72. The summed E-state index contributed by atoms with van der Waals surface area (Å²) in [5.74, 6) is 0.837. The molecule has 2 fully saturated rings. The van der Waals surface area contributed by atoms with E-state index in [0.717, 1.165) is 38.8 Å². The number of hydrogen-bond donors (Lipinski definition) is 1. The fourth-order valence-corrected chi connectivity index (χ4v) is 2.48. The summed E-state index contributed by atoms with van der Waals surface area (Å²) in [7, 11) is 1.67. The van der Waals surface area contributed by atoms with Crippen molar-refractivity contribution in [3.63, 3.8) is 0 Å². The van der Waals surface area contributed by atoms with Gasteiger partial charge < -0.3 is 10.2 Å². The highest BCUT2D eigenvalue weighted by atomic mass is 16.2. The van der Waals surface area contributed by atoms with Crippen LogP contribution in [0.3, 0.4) is 0 Å². The van der Waals surface area contributed by atoms with Crippen LogP contribution in [0.25, 0.3) is 0 Å². The summed E-state index contributed by atoms with van der Waals surface area (Å²) in [6, 6.07) is 0. The zero-order valence-electron chi connectivity index (χ0n) is 9.87. The first-order valence-electron chi connectivity index (χ1n) is 6.22. The second kappa shape index (κ2) is 4.85. The van der Waals surface area contributed by atoms with Crippen molar-refractivity contribution in [2.45, 2.75) is 32.1 Å². The predicted molar refractivity (Wildman–Crippen MR) is 60.7 cm³/mol. The van der Waals surface area contributed by atoms with Gasteiger partial charge in [0.2, 0.25) is 11.8 Å².